The number of rotatable bonds is 9. The van der Waals surface area contributed by atoms with E-state index in [9.17, 15) is 19.2 Å². The van der Waals surface area contributed by atoms with Crippen LogP contribution in [0.4, 0.5) is 4.79 Å². The van der Waals surface area contributed by atoms with Crippen LogP contribution in [0.15, 0.2) is 48.5 Å². The van der Waals surface area contributed by atoms with Crippen molar-refractivity contribution in [2.75, 3.05) is 27.2 Å². The largest absolute Gasteiger partial charge is 0.481 e. The Bertz CT molecular complexity index is 1010. The molecule has 3 N–H and O–H groups in total. The summed E-state index contributed by atoms with van der Waals surface area (Å²) in [4.78, 5) is 49.0. The van der Waals surface area contributed by atoms with Crippen LogP contribution in [0.5, 0.6) is 0 Å². The summed E-state index contributed by atoms with van der Waals surface area (Å²) in [7, 11) is 2.85. The van der Waals surface area contributed by atoms with E-state index in [1.807, 2.05) is 48.5 Å². The Labute approximate surface area is 191 Å². The van der Waals surface area contributed by atoms with Crippen molar-refractivity contribution in [3.8, 4) is 11.1 Å². The summed E-state index contributed by atoms with van der Waals surface area (Å²) in [5.41, 5.74) is 4.28. The molecular formula is C24H27N3O6. The zero-order chi connectivity index (χ0) is 24.0. The Morgan fingerprint density at radius 1 is 1.03 bits per heavy atom. The van der Waals surface area contributed by atoms with Gasteiger partial charge in [-0.1, -0.05) is 48.5 Å². The summed E-state index contributed by atoms with van der Waals surface area (Å²) in [6, 6.07) is 14.7. The van der Waals surface area contributed by atoms with Crippen LogP contribution in [-0.2, 0) is 19.1 Å². The number of hydrogen-bond donors (Lipinski definition) is 3. The van der Waals surface area contributed by atoms with Gasteiger partial charge in [0.25, 0.3) is 0 Å². The maximum absolute atomic E-state index is 12.7. The van der Waals surface area contributed by atoms with Crippen molar-refractivity contribution in [2.24, 2.45) is 0 Å². The average molecular weight is 453 g/mol. The highest BCUT2D eigenvalue weighted by atomic mass is 16.5. The SMILES string of the molecule is CNC(=O)CN(C)C(=O)C(CCC(=O)O)NC(=O)OCC1c2ccccc2-c2ccccc21. The second kappa shape index (κ2) is 10.6. The highest BCUT2D eigenvalue weighted by Crippen LogP contribution is 2.44. The van der Waals surface area contributed by atoms with E-state index in [4.69, 9.17) is 9.84 Å². The molecule has 2 aromatic rings. The number of fused-ring (bicyclic) bond motifs is 3. The minimum Gasteiger partial charge on any atom is -0.481 e. The van der Waals surface area contributed by atoms with Crippen LogP contribution in [0, 0.1) is 0 Å². The zero-order valence-corrected chi connectivity index (χ0v) is 18.5. The number of carboxylic acids is 1. The van der Waals surface area contributed by atoms with Gasteiger partial charge in [-0.05, 0) is 28.7 Å². The number of nitrogens with zero attached hydrogens (tertiary/aromatic N) is 1. The molecule has 0 bridgehead atoms. The lowest BCUT2D eigenvalue weighted by Crippen LogP contribution is -2.49. The number of aliphatic carboxylic acids is 1. The number of amides is 3. The van der Waals surface area contributed by atoms with Gasteiger partial charge in [-0.25, -0.2) is 4.79 Å². The van der Waals surface area contributed by atoms with Gasteiger partial charge in [-0.15, -0.1) is 0 Å². The first-order valence-electron chi connectivity index (χ1n) is 10.6. The molecule has 2 aromatic carbocycles. The fourth-order valence-electron chi connectivity index (χ4n) is 3.95. The van der Waals surface area contributed by atoms with Crippen molar-refractivity contribution < 1.29 is 29.0 Å². The fraction of sp³-hybridized carbons (Fsp3) is 0.333. The average Bonchev–Trinajstić information content (AvgIpc) is 3.13. The van der Waals surface area contributed by atoms with Crippen LogP contribution in [0.25, 0.3) is 11.1 Å². The molecule has 3 amide bonds. The molecule has 0 radical (unpaired) electrons. The van der Waals surface area contributed by atoms with E-state index in [-0.39, 0.29) is 37.8 Å². The molecule has 0 saturated carbocycles. The second-order valence-electron chi connectivity index (χ2n) is 7.82. The molecule has 33 heavy (non-hydrogen) atoms. The van der Waals surface area contributed by atoms with Crippen molar-refractivity contribution in [1.82, 2.24) is 15.5 Å². The van der Waals surface area contributed by atoms with Crippen LogP contribution in [0.1, 0.15) is 29.9 Å². The number of carboxylic acid groups (broad SMARTS) is 1. The molecule has 0 spiro atoms. The van der Waals surface area contributed by atoms with Gasteiger partial charge in [0.1, 0.15) is 12.6 Å². The van der Waals surface area contributed by atoms with Crippen molar-refractivity contribution in [3.05, 3.63) is 59.7 Å². The highest BCUT2D eigenvalue weighted by molar-refractivity contribution is 5.89. The number of hydrogen-bond acceptors (Lipinski definition) is 5. The summed E-state index contributed by atoms with van der Waals surface area (Å²) < 4.78 is 5.46. The van der Waals surface area contributed by atoms with Gasteiger partial charge in [0, 0.05) is 26.4 Å². The number of nitrogens with one attached hydrogen (secondary N) is 2. The second-order valence-corrected chi connectivity index (χ2v) is 7.82. The lowest BCUT2D eigenvalue weighted by atomic mass is 9.98. The van der Waals surface area contributed by atoms with Crippen LogP contribution in [0.3, 0.4) is 0 Å². The van der Waals surface area contributed by atoms with Crippen molar-refractivity contribution >= 4 is 23.9 Å². The van der Waals surface area contributed by atoms with Gasteiger partial charge in [-0.3, -0.25) is 14.4 Å². The fourth-order valence-corrected chi connectivity index (χ4v) is 3.95. The van der Waals surface area contributed by atoms with E-state index in [1.165, 1.54) is 14.1 Å². The smallest absolute Gasteiger partial charge is 0.407 e. The number of alkyl carbamates (subject to hydrolysis) is 1. The Hall–Kier alpha value is -3.88. The molecule has 0 aromatic heterocycles. The molecule has 1 aliphatic rings. The van der Waals surface area contributed by atoms with E-state index in [2.05, 4.69) is 10.6 Å². The lowest BCUT2D eigenvalue weighted by Gasteiger charge is -2.24. The van der Waals surface area contributed by atoms with Crippen LogP contribution < -0.4 is 10.6 Å². The monoisotopic (exact) mass is 453 g/mol. The molecular weight excluding hydrogens is 426 g/mol. The zero-order valence-electron chi connectivity index (χ0n) is 18.5. The molecule has 9 heteroatoms. The Balaban J connectivity index is 1.67. The Kier molecular flexibility index (Phi) is 7.66. The number of carbonyl (C=O) groups is 4. The Morgan fingerprint density at radius 3 is 2.15 bits per heavy atom. The lowest BCUT2D eigenvalue weighted by molar-refractivity contribution is -0.139. The number of ether oxygens (including phenoxy) is 1. The van der Waals surface area contributed by atoms with Crippen LogP contribution >= 0.6 is 0 Å². The maximum atomic E-state index is 12.7. The quantitative estimate of drug-likeness (QED) is 0.533. The summed E-state index contributed by atoms with van der Waals surface area (Å²) in [6.45, 7) is -0.154. The molecule has 9 nitrogen and oxygen atoms in total. The summed E-state index contributed by atoms with van der Waals surface area (Å²) >= 11 is 0. The molecule has 1 atom stereocenters. The first-order chi connectivity index (χ1) is 15.8. The molecule has 0 aliphatic heterocycles. The molecule has 1 aliphatic carbocycles. The molecule has 3 rings (SSSR count). The number of benzene rings is 2. The molecule has 174 valence electrons. The minimum atomic E-state index is -1.13. The van der Waals surface area contributed by atoms with E-state index >= 15 is 0 Å². The van der Waals surface area contributed by atoms with E-state index in [1.54, 1.807) is 0 Å². The van der Waals surface area contributed by atoms with Crippen LogP contribution in [0.2, 0.25) is 0 Å². The standard InChI is InChI=1S/C24H27N3O6/c1-25-21(28)13-27(2)23(31)20(11-12-22(29)30)26-24(32)33-14-19-17-9-5-3-7-15(17)16-8-4-6-10-18(16)19/h3-10,19-20H,11-14H2,1-2H3,(H,25,28)(H,26,32)(H,29,30). The van der Waals surface area contributed by atoms with E-state index in [0.29, 0.717) is 0 Å². The first-order valence-corrected chi connectivity index (χ1v) is 10.6. The van der Waals surface area contributed by atoms with Gasteiger partial charge < -0.3 is 25.4 Å². The van der Waals surface area contributed by atoms with Gasteiger partial charge in [0.05, 0.1) is 6.54 Å². The molecule has 1 unspecified atom stereocenters. The van der Waals surface area contributed by atoms with Crippen molar-refractivity contribution in [3.63, 3.8) is 0 Å². The van der Waals surface area contributed by atoms with Crippen LogP contribution in [-0.4, -0.2) is 67.2 Å². The molecule has 0 saturated heterocycles. The van der Waals surface area contributed by atoms with Crippen molar-refractivity contribution in [1.29, 1.82) is 0 Å². The predicted octanol–water partition coefficient (Wildman–Crippen LogP) is 1.96. The van der Waals surface area contributed by atoms with Crippen molar-refractivity contribution in [2.45, 2.75) is 24.8 Å². The van der Waals surface area contributed by atoms with Gasteiger partial charge in [0.2, 0.25) is 11.8 Å². The third kappa shape index (κ3) is 5.68. The topological polar surface area (TPSA) is 125 Å². The number of likely N-dealkylation sites (N-methyl/N-ethyl adjacent to an activating group) is 2. The third-order valence-electron chi connectivity index (χ3n) is 5.62. The van der Waals surface area contributed by atoms with Gasteiger partial charge in [0.15, 0.2) is 0 Å². The van der Waals surface area contributed by atoms with E-state index < -0.39 is 24.0 Å². The molecule has 0 heterocycles. The predicted molar refractivity (Wildman–Crippen MR) is 121 cm³/mol. The minimum absolute atomic E-state index is 0.0633. The Morgan fingerprint density at radius 2 is 1.61 bits per heavy atom. The molecule has 0 fully saturated rings. The van der Waals surface area contributed by atoms with Gasteiger partial charge in [-0.2, -0.15) is 0 Å². The maximum Gasteiger partial charge on any atom is 0.407 e. The summed E-state index contributed by atoms with van der Waals surface area (Å²) in [5.74, 6) is -2.21. The summed E-state index contributed by atoms with van der Waals surface area (Å²) in [5, 5.41) is 13.9. The highest BCUT2D eigenvalue weighted by Gasteiger charge is 2.30. The summed E-state index contributed by atoms with van der Waals surface area (Å²) in [6.07, 6.45) is -1.28. The first kappa shape index (κ1) is 23.8. The third-order valence-corrected chi connectivity index (χ3v) is 5.62. The normalized spacial score (nSPS) is 12.8. The van der Waals surface area contributed by atoms with E-state index in [0.717, 1.165) is 27.2 Å². The number of carbonyl (C=O) groups excluding carboxylic acids is 3. The van der Waals surface area contributed by atoms with Gasteiger partial charge >= 0.3 is 12.1 Å².